The lowest BCUT2D eigenvalue weighted by Crippen LogP contribution is -2.22. The van der Waals surface area contributed by atoms with Gasteiger partial charge >= 0.3 is 0 Å². The summed E-state index contributed by atoms with van der Waals surface area (Å²) < 4.78 is 10.9. The molecular weight excluding hydrogens is 380 g/mol. The summed E-state index contributed by atoms with van der Waals surface area (Å²) in [4.78, 5) is 20.8. The molecule has 0 aliphatic heterocycles. The van der Waals surface area contributed by atoms with Crippen LogP contribution in [0.25, 0.3) is 0 Å². The summed E-state index contributed by atoms with van der Waals surface area (Å²) in [7, 11) is 1.59. The van der Waals surface area contributed by atoms with Crippen LogP contribution in [0.4, 0.5) is 0 Å². The first-order valence-electron chi connectivity index (χ1n) is 8.98. The van der Waals surface area contributed by atoms with Gasteiger partial charge in [0, 0.05) is 26.0 Å². The molecule has 2 rings (SSSR count). The van der Waals surface area contributed by atoms with E-state index in [0.717, 1.165) is 18.4 Å². The SMILES string of the molecule is CC(N)=O.CCCCC(=O)NCc1ccc(Oc2ccc(OC)cc2Cl)cc1. The summed E-state index contributed by atoms with van der Waals surface area (Å²) in [6.07, 6.45) is 2.52. The third kappa shape index (κ3) is 9.28. The Bertz CT molecular complexity index is 760. The first kappa shape index (κ1) is 23.3. The Labute approximate surface area is 171 Å². The zero-order valence-corrected chi connectivity index (χ0v) is 17.2. The maximum Gasteiger partial charge on any atom is 0.220 e. The number of nitrogens with one attached hydrogen (secondary N) is 1. The number of halogens is 1. The Morgan fingerprint density at radius 2 is 1.71 bits per heavy atom. The molecule has 2 amide bonds. The highest BCUT2D eigenvalue weighted by Crippen LogP contribution is 2.32. The van der Waals surface area contributed by atoms with Crippen molar-refractivity contribution in [2.45, 2.75) is 39.7 Å². The molecule has 0 heterocycles. The van der Waals surface area contributed by atoms with E-state index in [-0.39, 0.29) is 11.8 Å². The highest BCUT2D eigenvalue weighted by atomic mass is 35.5. The average molecular weight is 407 g/mol. The number of primary amides is 1. The Balaban J connectivity index is 0.000000892. The predicted octanol–water partition coefficient (Wildman–Crippen LogP) is 4.44. The van der Waals surface area contributed by atoms with Crippen molar-refractivity contribution in [2.75, 3.05) is 7.11 Å². The Kier molecular flexibility index (Phi) is 10.5. The van der Waals surface area contributed by atoms with Crippen molar-refractivity contribution >= 4 is 23.4 Å². The molecule has 0 fully saturated rings. The van der Waals surface area contributed by atoms with Crippen molar-refractivity contribution in [2.24, 2.45) is 5.73 Å². The summed E-state index contributed by atoms with van der Waals surface area (Å²) in [6.45, 7) is 3.90. The predicted molar refractivity (Wildman–Crippen MR) is 111 cm³/mol. The topological polar surface area (TPSA) is 90.7 Å². The van der Waals surface area contributed by atoms with E-state index in [1.165, 1.54) is 6.92 Å². The fraction of sp³-hybridized carbons (Fsp3) is 0.333. The molecule has 0 atom stereocenters. The maximum absolute atomic E-state index is 11.6. The minimum Gasteiger partial charge on any atom is -0.497 e. The largest absolute Gasteiger partial charge is 0.497 e. The van der Waals surface area contributed by atoms with E-state index in [0.29, 0.717) is 35.2 Å². The molecule has 6 nitrogen and oxygen atoms in total. The number of benzene rings is 2. The van der Waals surface area contributed by atoms with E-state index in [1.807, 2.05) is 24.3 Å². The molecule has 2 aromatic carbocycles. The zero-order valence-electron chi connectivity index (χ0n) is 16.5. The van der Waals surface area contributed by atoms with Crippen molar-refractivity contribution < 1.29 is 19.1 Å². The number of methoxy groups -OCH3 is 1. The second-order valence-corrected chi connectivity index (χ2v) is 6.44. The van der Waals surface area contributed by atoms with E-state index in [9.17, 15) is 9.59 Å². The van der Waals surface area contributed by atoms with Gasteiger partial charge in [0.15, 0.2) is 0 Å². The van der Waals surface area contributed by atoms with E-state index < -0.39 is 0 Å². The molecule has 152 valence electrons. The average Bonchev–Trinajstić information content (AvgIpc) is 2.67. The lowest BCUT2D eigenvalue weighted by molar-refractivity contribution is -0.121. The Hall–Kier alpha value is -2.73. The Morgan fingerprint density at radius 1 is 1.11 bits per heavy atom. The minimum atomic E-state index is -0.333. The van der Waals surface area contributed by atoms with Crippen LogP contribution in [0.15, 0.2) is 42.5 Å². The number of amides is 2. The van der Waals surface area contributed by atoms with Gasteiger partial charge in [-0.2, -0.15) is 0 Å². The summed E-state index contributed by atoms with van der Waals surface area (Å²) in [5.74, 6) is 1.69. The number of hydrogen-bond donors (Lipinski definition) is 2. The van der Waals surface area contributed by atoms with Crippen molar-refractivity contribution in [3.8, 4) is 17.2 Å². The molecule has 0 aromatic heterocycles. The van der Waals surface area contributed by atoms with Gasteiger partial charge in [-0.15, -0.1) is 0 Å². The van der Waals surface area contributed by atoms with E-state index >= 15 is 0 Å². The van der Waals surface area contributed by atoms with Crippen molar-refractivity contribution in [1.29, 1.82) is 0 Å². The molecule has 2 aromatic rings. The van der Waals surface area contributed by atoms with Crippen LogP contribution >= 0.6 is 11.6 Å². The Morgan fingerprint density at radius 3 is 2.25 bits per heavy atom. The molecule has 28 heavy (non-hydrogen) atoms. The number of ether oxygens (including phenoxy) is 2. The zero-order chi connectivity index (χ0) is 20.9. The number of hydrogen-bond acceptors (Lipinski definition) is 4. The molecule has 0 aliphatic carbocycles. The van der Waals surface area contributed by atoms with Crippen LogP contribution < -0.4 is 20.5 Å². The van der Waals surface area contributed by atoms with Crippen LogP contribution in [0.1, 0.15) is 38.7 Å². The fourth-order valence-electron chi connectivity index (χ4n) is 2.12. The van der Waals surface area contributed by atoms with E-state index in [1.54, 1.807) is 25.3 Å². The lowest BCUT2D eigenvalue weighted by Gasteiger charge is -2.10. The van der Waals surface area contributed by atoms with Gasteiger partial charge < -0.3 is 20.5 Å². The fourth-order valence-corrected chi connectivity index (χ4v) is 2.33. The minimum absolute atomic E-state index is 0.0854. The van der Waals surface area contributed by atoms with Gasteiger partial charge in [0.1, 0.15) is 17.2 Å². The second-order valence-electron chi connectivity index (χ2n) is 6.03. The van der Waals surface area contributed by atoms with Crippen LogP contribution in [-0.2, 0) is 16.1 Å². The number of nitrogens with two attached hydrogens (primary N) is 1. The summed E-state index contributed by atoms with van der Waals surface area (Å²) in [6, 6.07) is 12.8. The summed E-state index contributed by atoms with van der Waals surface area (Å²) >= 11 is 6.16. The van der Waals surface area contributed by atoms with Gasteiger partial charge in [-0.3, -0.25) is 9.59 Å². The number of unbranched alkanes of at least 4 members (excludes halogenated alkanes) is 1. The van der Waals surface area contributed by atoms with Gasteiger partial charge in [0.25, 0.3) is 0 Å². The van der Waals surface area contributed by atoms with E-state index in [2.05, 4.69) is 18.0 Å². The maximum atomic E-state index is 11.6. The normalized spacial score (nSPS) is 9.71. The van der Waals surface area contributed by atoms with E-state index in [4.69, 9.17) is 21.1 Å². The smallest absolute Gasteiger partial charge is 0.220 e. The highest BCUT2D eigenvalue weighted by Gasteiger charge is 2.06. The third-order valence-corrected chi connectivity index (χ3v) is 3.83. The number of carbonyl (C=O) groups excluding carboxylic acids is 2. The molecule has 7 heteroatoms. The lowest BCUT2D eigenvalue weighted by atomic mass is 10.2. The molecular formula is C21H27ClN2O4. The van der Waals surface area contributed by atoms with Crippen LogP contribution in [0.5, 0.6) is 17.2 Å². The van der Waals surface area contributed by atoms with Gasteiger partial charge in [-0.1, -0.05) is 37.1 Å². The van der Waals surface area contributed by atoms with Crippen LogP contribution in [-0.4, -0.2) is 18.9 Å². The summed E-state index contributed by atoms with van der Waals surface area (Å²) in [5, 5.41) is 3.40. The second kappa shape index (κ2) is 12.6. The first-order chi connectivity index (χ1) is 13.3. The molecule has 3 N–H and O–H groups in total. The van der Waals surface area contributed by atoms with Gasteiger partial charge in [0.2, 0.25) is 11.8 Å². The standard InChI is InChI=1S/C19H22ClNO3.C2H5NO/c1-3-4-5-19(22)21-13-14-6-8-15(9-7-14)24-18-11-10-16(23-2)12-17(18)20;1-2(3)4/h6-12H,3-5,13H2,1-2H3,(H,21,22);1H3,(H2,3,4). The highest BCUT2D eigenvalue weighted by molar-refractivity contribution is 6.32. The number of carbonyl (C=O) groups is 2. The molecule has 0 unspecified atom stereocenters. The molecule has 0 spiro atoms. The summed E-state index contributed by atoms with van der Waals surface area (Å²) in [5.41, 5.74) is 5.49. The van der Waals surface area contributed by atoms with Gasteiger partial charge in [0.05, 0.1) is 12.1 Å². The first-order valence-corrected chi connectivity index (χ1v) is 9.36. The molecule has 0 saturated heterocycles. The molecule has 0 bridgehead atoms. The monoisotopic (exact) mass is 406 g/mol. The van der Waals surface area contributed by atoms with Crippen LogP contribution in [0.3, 0.4) is 0 Å². The number of rotatable bonds is 8. The van der Waals surface area contributed by atoms with Crippen molar-refractivity contribution in [1.82, 2.24) is 5.32 Å². The molecule has 0 saturated carbocycles. The van der Waals surface area contributed by atoms with Crippen molar-refractivity contribution in [3.05, 3.63) is 53.1 Å². The third-order valence-electron chi connectivity index (χ3n) is 3.54. The molecule has 0 aliphatic rings. The van der Waals surface area contributed by atoms with Gasteiger partial charge in [-0.25, -0.2) is 0 Å². The van der Waals surface area contributed by atoms with Crippen molar-refractivity contribution in [3.63, 3.8) is 0 Å². The van der Waals surface area contributed by atoms with Crippen LogP contribution in [0, 0.1) is 0 Å². The van der Waals surface area contributed by atoms with Gasteiger partial charge in [-0.05, 0) is 36.2 Å². The quantitative estimate of drug-likeness (QED) is 0.678. The van der Waals surface area contributed by atoms with Crippen LogP contribution in [0.2, 0.25) is 5.02 Å². The molecule has 0 radical (unpaired) electrons.